The van der Waals surface area contributed by atoms with Crippen LogP contribution in [0.4, 0.5) is 0 Å². The third-order valence-corrected chi connectivity index (χ3v) is 8.24. The van der Waals surface area contributed by atoms with Crippen molar-refractivity contribution >= 4 is 24.8 Å². The quantitative estimate of drug-likeness (QED) is 0.405. The van der Waals surface area contributed by atoms with Crippen molar-refractivity contribution in [1.82, 2.24) is 25.5 Å². The number of aromatic nitrogens is 2. The van der Waals surface area contributed by atoms with Crippen LogP contribution >= 0.6 is 0 Å². The van der Waals surface area contributed by atoms with Crippen LogP contribution in [0.2, 0.25) is 0 Å². The predicted octanol–water partition coefficient (Wildman–Crippen LogP) is 3.15. The van der Waals surface area contributed by atoms with Crippen molar-refractivity contribution in [2.75, 3.05) is 13.1 Å². The molecule has 0 radical (unpaired) electrons. The van der Waals surface area contributed by atoms with E-state index in [2.05, 4.69) is 38.8 Å². The molecule has 11 heteroatoms. The summed E-state index contributed by atoms with van der Waals surface area (Å²) in [6.45, 7) is 9.22. The number of nitrogens with one attached hydrogen (secondary N) is 2. The van der Waals surface area contributed by atoms with Crippen molar-refractivity contribution in [3.05, 3.63) is 48.1 Å². The zero-order chi connectivity index (χ0) is 28.8. The van der Waals surface area contributed by atoms with Gasteiger partial charge in [0.1, 0.15) is 11.7 Å². The minimum atomic E-state index is -1.09. The molecular weight excluding hydrogens is 509 g/mol. The van der Waals surface area contributed by atoms with Crippen LogP contribution in [0.25, 0.3) is 0 Å². The Bertz CT molecular complexity index is 1100. The van der Waals surface area contributed by atoms with Crippen molar-refractivity contribution < 1.29 is 23.7 Å². The molecule has 1 aliphatic carbocycles. The summed E-state index contributed by atoms with van der Waals surface area (Å²) in [5.74, 6) is -1.66. The SMILES string of the molecule is CC1(C)OB([C@H](CCCC2=CCCC=C2)NC(=O)[C@@H](CC(=O)N2CCCC2)NC(=O)c2cnccn2)OC1(C)C. The first-order chi connectivity index (χ1) is 19.1. The van der Waals surface area contributed by atoms with Crippen LogP contribution in [0.15, 0.2) is 42.4 Å². The van der Waals surface area contributed by atoms with Gasteiger partial charge in [0.25, 0.3) is 5.91 Å². The number of carbonyl (C=O) groups is 3. The smallest absolute Gasteiger partial charge is 0.402 e. The van der Waals surface area contributed by atoms with Crippen molar-refractivity contribution in [2.45, 2.75) is 102 Å². The lowest BCUT2D eigenvalue weighted by molar-refractivity contribution is -0.134. The zero-order valence-electron chi connectivity index (χ0n) is 24.2. The summed E-state index contributed by atoms with van der Waals surface area (Å²) in [4.78, 5) is 49.5. The van der Waals surface area contributed by atoms with Gasteiger partial charge in [0.15, 0.2) is 0 Å². The van der Waals surface area contributed by atoms with E-state index in [1.54, 1.807) is 4.90 Å². The van der Waals surface area contributed by atoms with Gasteiger partial charge in [-0.1, -0.05) is 23.8 Å². The van der Waals surface area contributed by atoms with Crippen LogP contribution in [-0.2, 0) is 18.9 Å². The fourth-order valence-electron chi connectivity index (χ4n) is 5.12. The third-order valence-electron chi connectivity index (χ3n) is 8.24. The minimum Gasteiger partial charge on any atom is -0.402 e. The van der Waals surface area contributed by atoms with Gasteiger partial charge in [-0.15, -0.1) is 0 Å². The van der Waals surface area contributed by atoms with E-state index in [9.17, 15) is 14.4 Å². The van der Waals surface area contributed by atoms with Crippen LogP contribution in [-0.4, -0.2) is 76.0 Å². The average Bonchev–Trinajstić information content (AvgIpc) is 3.54. The molecule has 2 saturated heterocycles. The molecule has 0 unspecified atom stereocenters. The Hall–Kier alpha value is -3.05. The minimum absolute atomic E-state index is 0.0743. The lowest BCUT2D eigenvalue weighted by atomic mass is 9.75. The Morgan fingerprint density at radius 3 is 2.40 bits per heavy atom. The van der Waals surface area contributed by atoms with Crippen molar-refractivity contribution in [3.63, 3.8) is 0 Å². The lowest BCUT2D eigenvalue weighted by Crippen LogP contribution is -2.55. The highest BCUT2D eigenvalue weighted by molar-refractivity contribution is 6.48. The molecule has 0 spiro atoms. The summed E-state index contributed by atoms with van der Waals surface area (Å²) >= 11 is 0. The van der Waals surface area contributed by atoms with Gasteiger partial charge in [-0.2, -0.15) is 0 Å². The number of hydrogen-bond donors (Lipinski definition) is 2. The number of allylic oxidation sites excluding steroid dienone is 4. The molecule has 40 heavy (non-hydrogen) atoms. The van der Waals surface area contributed by atoms with E-state index in [1.165, 1.54) is 24.2 Å². The molecule has 2 atom stereocenters. The third kappa shape index (κ3) is 7.57. The van der Waals surface area contributed by atoms with Gasteiger partial charge in [-0.05, 0) is 72.6 Å². The maximum Gasteiger partial charge on any atom is 0.481 e. The fourth-order valence-corrected chi connectivity index (χ4v) is 5.12. The molecule has 3 amide bonds. The van der Waals surface area contributed by atoms with E-state index in [0.717, 1.165) is 38.5 Å². The van der Waals surface area contributed by atoms with E-state index < -0.39 is 42.1 Å². The molecule has 0 saturated carbocycles. The van der Waals surface area contributed by atoms with Gasteiger partial charge in [-0.3, -0.25) is 19.4 Å². The van der Waals surface area contributed by atoms with Crippen LogP contribution in [0.3, 0.4) is 0 Å². The van der Waals surface area contributed by atoms with E-state index >= 15 is 0 Å². The van der Waals surface area contributed by atoms with Gasteiger partial charge in [0.2, 0.25) is 11.8 Å². The first-order valence-corrected chi connectivity index (χ1v) is 14.4. The molecule has 1 aromatic heterocycles. The fraction of sp³-hybridized carbons (Fsp3) is 0.621. The molecule has 4 rings (SSSR count). The first-order valence-electron chi connectivity index (χ1n) is 14.4. The van der Waals surface area contributed by atoms with Gasteiger partial charge in [-0.25, -0.2) is 4.98 Å². The molecular formula is C29H42BN5O5. The molecule has 216 valence electrons. The molecule has 0 bridgehead atoms. The molecule has 3 aliphatic rings. The largest absolute Gasteiger partial charge is 0.481 e. The number of likely N-dealkylation sites (tertiary alicyclic amines) is 1. The summed E-state index contributed by atoms with van der Waals surface area (Å²) in [6, 6.07) is -1.09. The average molecular weight is 551 g/mol. The molecule has 2 fully saturated rings. The second-order valence-electron chi connectivity index (χ2n) is 11.8. The number of rotatable bonds is 11. The Kier molecular flexibility index (Phi) is 9.79. The topological polar surface area (TPSA) is 123 Å². The second kappa shape index (κ2) is 13.1. The monoisotopic (exact) mass is 551 g/mol. The maximum absolute atomic E-state index is 13.7. The Balaban J connectivity index is 1.49. The van der Waals surface area contributed by atoms with E-state index in [4.69, 9.17) is 9.31 Å². The zero-order valence-corrected chi connectivity index (χ0v) is 24.2. The summed E-state index contributed by atoms with van der Waals surface area (Å²) in [5.41, 5.74) is 0.224. The number of nitrogens with zero attached hydrogens (tertiary/aromatic N) is 3. The Morgan fingerprint density at radius 2 is 1.77 bits per heavy atom. The van der Waals surface area contributed by atoms with Gasteiger partial charge >= 0.3 is 7.12 Å². The summed E-state index contributed by atoms with van der Waals surface area (Å²) < 4.78 is 12.6. The normalized spacial score (nSPS) is 21.1. The van der Waals surface area contributed by atoms with Crippen LogP contribution in [0.1, 0.15) is 89.5 Å². The standard InChI is InChI=1S/C29H42BN5O5/c1-28(2)29(3,4)40-30(39-28)24(14-10-13-21-11-6-5-7-12-21)34-26(37)22(19-25(36)35-17-8-9-18-35)33-27(38)23-20-31-15-16-32-23/h6,11-12,15-16,20,22,24H,5,7-10,13-14,17-19H2,1-4H3,(H,33,38)(H,34,37)/t22-,24+/m1/s1. The van der Waals surface area contributed by atoms with Crippen molar-refractivity contribution in [1.29, 1.82) is 0 Å². The summed E-state index contributed by atoms with van der Waals surface area (Å²) in [6.07, 6.45) is 16.9. The van der Waals surface area contributed by atoms with E-state index in [1.807, 2.05) is 27.7 Å². The van der Waals surface area contributed by atoms with E-state index in [-0.39, 0.29) is 18.0 Å². The molecule has 3 heterocycles. The van der Waals surface area contributed by atoms with Crippen LogP contribution in [0.5, 0.6) is 0 Å². The number of amides is 3. The van der Waals surface area contributed by atoms with Gasteiger partial charge in [0, 0.05) is 25.5 Å². The Labute approximate surface area is 237 Å². The number of carbonyl (C=O) groups excluding carboxylic acids is 3. The van der Waals surface area contributed by atoms with Gasteiger partial charge < -0.3 is 24.8 Å². The van der Waals surface area contributed by atoms with E-state index in [0.29, 0.717) is 19.5 Å². The van der Waals surface area contributed by atoms with Crippen molar-refractivity contribution in [2.24, 2.45) is 0 Å². The molecule has 0 aromatic carbocycles. The summed E-state index contributed by atoms with van der Waals surface area (Å²) in [5, 5.41) is 5.80. The highest BCUT2D eigenvalue weighted by Gasteiger charge is 2.54. The number of hydrogen-bond acceptors (Lipinski definition) is 7. The maximum atomic E-state index is 13.7. The lowest BCUT2D eigenvalue weighted by Gasteiger charge is -2.32. The second-order valence-corrected chi connectivity index (χ2v) is 11.8. The van der Waals surface area contributed by atoms with Crippen LogP contribution < -0.4 is 10.6 Å². The highest BCUT2D eigenvalue weighted by atomic mass is 16.7. The predicted molar refractivity (Wildman–Crippen MR) is 152 cm³/mol. The van der Waals surface area contributed by atoms with Crippen LogP contribution in [0, 0.1) is 0 Å². The summed E-state index contributed by atoms with van der Waals surface area (Å²) in [7, 11) is -0.671. The Morgan fingerprint density at radius 1 is 1.05 bits per heavy atom. The highest BCUT2D eigenvalue weighted by Crippen LogP contribution is 2.38. The first kappa shape index (κ1) is 29.9. The molecule has 1 aromatic rings. The van der Waals surface area contributed by atoms with Crippen molar-refractivity contribution in [3.8, 4) is 0 Å². The van der Waals surface area contributed by atoms with Gasteiger partial charge in [0.05, 0.1) is 29.8 Å². The molecule has 2 aliphatic heterocycles. The molecule has 10 nitrogen and oxygen atoms in total. The molecule has 2 N–H and O–H groups in total.